The molecule has 0 amide bonds. The number of carbonyl (C=O) groups excluding carboxylic acids is 1. The number of H-pyrrole nitrogens is 1. The van der Waals surface area contributed by atoms with E-state index in [0.717, 1.165) is 0 Å². The van der Waals surface area contributed by atoms with E-state index in [2.05, 4.69) is 25.9 Å². The normalized spacial score (nSPS) is 11.1. The molecule has 8 nitrogen and oxygen atoms in total. The molecule has 0 saturated heterocycles. The Hall–Kier alpha value is -2.68. The fourth-order valence-electron chi connectivity index (χ4n) is 2.51. The Kier molecular flexibility index (Phi) is 3.88. The second-order valence-corrected chi connectivity index (χ2v) is 6.04. The molecule has 0 aliphatic rings. The van der Waals surface area contributed by atoms with E-state index in [4.69, 9.17) is 0 Å². The summed E-state index contributed by atoms with van der Waals surface area (Å²) in [6.07, 6.45) is 0. The molecule has 2 N–H and O–H groups in total. The van der Waals surface area contributed by atoms with Crippen molar-refractivity contribution in [1.29, 1.82) is 0 Å². The molecule has 24 heavy (non-hydrogen) atoms. The molecule has 1 aromatic carbocycles. The Balaban J connectivity index is 2.14. The number of imidazole rings is 1. The van der Waals surface area contributed by atoms with Crippen LogP contribution in [0.4, 0.5) is 0 Å². The number of aromatic amines is 1. The Bertz CT molecular complexity index is 1090. The van der Waals surface area contributed by atoms with Crippen molar-refractivity contribution in [2.45, 2.75) is 13.5 Å². The fourth-order valence-corrected chi connectivity index (χ4v) is 2.98. The average molecular weight is 393 g/mol. The fraction of sp³-hybridized carbons (Fsp3) is 0.200. The third kappa shape index (κ3) is 2.46. The second kappa shape index (κ2) is 5.75. The molecule has 2 aromatic heterocycles. The molecule has 0 radical (unpaired) electrons. The molecule has 3 aromatic rings. The summed E-state index contributed by atoms with van der Waals surface area (Å²) in [7, 11) is 1.48. The van der Waals surface area contributed by atoms with Crippen LogP contribution in [0.5, 0.6) is 5.75 Å². The van der Waals surface area contributed by atoms with Crippen LogP contribution >= 0.6 is 15.9 Å². The topological polar surface area (TPSA) is 110 Å². The van der Waals surface area contributed by atoms with Crippen LogP contribution in [0.25, 0.3) is 11.2 Å². The number of carbonyl (C=O) groups is 1. The zero-order chi connectivity index (χ0) is 17.6. The largest absolute Gasteiger partial charge is 0.508 e. The molecule has 0 spiro atoms. The number of aryl methyl sites for hydroxylation is 1. The van der Waals surface area contributed by atoms with Crippen LogP contribution in [0.3, 0.4) is 0 Å². The van der Waals surface area contributed by atoms with Crippen molar-refractivity contribution in [3.8, 4) is 5.75 Å². The van der Waals surface area contributed by atoms with E-state index in [1.807, 2.05) is 0 Å². The van der Waals surface area contributed by atoms with E-state index in [0.29, 0.717) is 11.1 Å². The van der Waals surface area contributed by atoms with Crippen LogP contribution in [0, 0.1) is 6.92 Å². The summed E-state index contributed by atoms with van der Waals surface area (Å²) < 4.78 is 2.84. The Morgan fingerprint density at radius 2 is 2.08 bits per heavy atom. The number of fused-ring (bicyclic) bond motifs is 1. The van der Waals surface area contributed by atoms with Crippen molar-refractivity contribution in [2.24, 2.45) is 7.05 Å². The van der Waals surface area contributed by atoms with E-state index in [9.17, 15) is 19.5 Å². The molecule has 3 rings (SSSR count). The first kappa shape index (κ1) is 16.2. The van der Waals surface area contributed by atoms with Gasteiger partial charge in [0.15, 0.2) is 21.7 Å². The van der Waals surface area contributed by atoms with Crippen LogP contribution in [0.1, 0.15) is 15.9 Å². The van der Waals surface area contributed by atoms with Crippen LogP contribution < -0.4 is 11.2 Å². The van der Waals surface area contributed by atoms with Crippen molar-refractivity contribution in [3.05, 3.63) is 54.9 Å². The quantitative estimate of drug-likeness (QED) is 0.511. The number of phenolic OH excluding ortho intramolecular Hbond substituents is 1. The van der Waals surface area contributed by atoms with Crippen LogP contribution in [0.15, 0.2) is 32.5 Å². The van der Waals surface area contributed by atoms with Gasteiger partial charge in [0.25, 0.3) is 5.56 Å². The summed E-state index contributed by atoms with van der Waals surface area (Å²) in [4.78, 5) is 42.7. The predicted octanol–water partition coefficient (Wildman–Crippen LogP) is 1.08. The lowest BCUT2D eigenvalue weighted by Gasteiger charge is -2.08. The number of benzene rings is 1. The number of aromatic hydroxyl groups is 1. The monoisotopic (exact) mass is 392 g/mol. The van der Waals surface area contributed by atoms with Crippen LogP contribution in [-0.2, 0) is 13.6 Å². The van der Waals surface area contributed by atoms with Gasteiger partial charge >= 0.3 is 5.69 Å². The molecule has 2 heterocycles. The van der Waals surface area contributed by atoms with E-state index < -0.39 is 11.2 Å². The van der Waals surface area contributed by atoms with Gasteiger partial charge in [0.2, 0.25) is 0 Å². The maximum Gasteiger partial charge on any atom is 0.329 e. The van der Waals surface area contributed by atoms with Gasteiger partial charge < -0.3 is 9.67 Å². The predicted molar refractivity (Wildman–Crippen MR) is 90.5 cm³/mol. The van der Waals surface area contributed by atoms with Gasteiger partial charge in [-0.1, -0.05) is 12.1 Å². The molecule has 0 aliphatic heterocycles. The maximum absolute atomic E-state index is 12.6. The number of ketones is 1. The third-order valence-electron chi connectivity index (χ3n) is 3.87. The molecule has 9 heteroatoms. The number of hydrogen-bond acceptors (Lipinski definition) is 5. The zero-order valence-electron chi connectivity index (χ0n) is 12.8. The third-order valence-corrected chi connectivity index (χ3v) is 4.47. The van der Waals surface area contributed by atoms with Gasteiger partial charge in [0, 0.05) is 18.2 Å². The van der Waals surface area contributed by atoms with Gasteiger partial charge in [-0.05, 0) is 28.9 Å². The lowest BCUT2D eigenvalue weighted by Crippen LogP contribution is -2.29. The second-order valence-electron chi connectivity index (χ2n) is 5.33. The molecule has 0 atom stereocenters. The van der Waals surface area contributed by atoms with Gasteiger partial charge in [-0.2, -0.15) is 0 Å². The van der Waals surface area contributed by atoms with Crippen LogP contribution in [0.2, 0.25) is 0 Å². The molecule has 0 fully saturated rings. The standard InChI is InChI=1S/C15H13BrN4O4/c1-7-8(4-3-5-9(7)21)10(22)6-20-11-12(17-14(20)16)19(2)15(24)18-13(11)23/h3-5,21H,6H2,1-2H3,(H,18,23,24). The number of nitrogens with one attached hydrogen (secondary N) is 1. The number of aromatic nitrogens is 4. The smallest absolute Gasteiger partial charge is 0.329 e. The summed E-state index contributed by atoms with van der Waals surface area (Å²) in [6, 6.07) is 4.67. The minimum atomic E-state index is -0.619. The van der Waals surface area contributed by atoms with Crippen molar-refractivity contribution in [2.75, 3.05) is 0 Å². The lowest BCUT2D eigenvalue weighted by molar-refractivity contribution is 0.0971. The SMILES string of the molecule is Cc1c(O)cccc1C(=O)Cn1c(Br)nc2c1c(=O)[nH]c(=O)n2C. The van der Waals surface area contributed by atoms with Crippen LogP contribution in [-0.4, -0.2) is 30.0 Å². The zero-order valence-corrected chi connectivity index (χ0v) is 14.4. The van der Waals surface area contributed by atoms with Gasteiger partial charge in [-0.3, -0.25) is 19.1 Å². The molecule has 0 saturated carbocycles. The Morgan fingerprint density at radius 3 is 2.79 bits per heavy atom. The first-order valence-corrected chi connectivity index (χ1v) is 7.77. The molecule has 124 valence electrons. The highest BCUT2D eigenvalue weighted by atomic mass is 79.9. The molecular weight excluding hydrogens is 380 g/mol. The highest BCUT2D eigenvalue weighted by Crippen LogP contribution is 2.22. The average Bonchev–Trinajstić information content (AvgIpc) is 2.85. The number of halogens is 1. The lowest BCUT2D eigenvalue weighted by atomic mass is 10.0. The van der Waals surface area contributed by atoms with Crippen molar-refractivity contribution < 1.29 is 9.90 Å². The van der Waals surface area contributed by atoms with Gasteiger partial charge in [-0.15, -0.1) is 0 Å². The number of Topliss-reactive ketones (excluding diaryl/α,β-unsaturated/α-hetero) is 1. The molecule has 0 aliphatic carbocycles. The first-order valence-electron chi connectivity index (χ1n) is 6.98. The Labute approximate surface area is 143 Å². The minimum absolute atomic E-state index is 0.0237. The first-order chi connectivity index (χ1) is 11.3. The van der Waals surface area contributed by atoms with Crippen molar-refractivity contribution in [3.63, 3.8) is 0 Å². The summed E-state index contributed by atoms with van der Waals surface area (Å²) in [5, 5.41) is 9.74. The highest BCUT2D eigenvalue weighted by Gasteiger charge is 2.19. The van der Waals surface area contributed by atoms with Crippen molar-refractivity contribution in [1.82, 2.24) is 19.1 Å². The minimum Gasteiger partial charge on any atom is -0.508 e. The summed E-state index contributed by atoms with van der Waals surface area (Å²) in [5.41, 5.74) is -0.0907. The maximum atomic E-state index is 12.6. The number of hydrogen-bond donors (Lipinski definition) is 2. The number of phenols is 1. The van der Waals surface area contributed by atoms with Gasteiger partial charge in [0.05, 0.1) is 6.54 Å². The van der Waals surface area contributed by atoms with E-state index in [-0.39, 0.29) is 34.0 Å². The molecule has 0 unspecified atom stereocenters. The molecule has 0 bridgehead atoms. The summed E-state index contributed by atoms with van der Waals surface area (Å²) in [5.74, 6) is -0.271. The number of rotatable bonds is 3. The molecular formula is C15H13BrN4O4. The van der Waals surface area contributed by atoms with Gasteiger partial charge in [0.1, 0.15) is 5.75 Å². The summed E-state index contributed by atoms with van der Waals surface area (Å²) in [6.45, 7) is 1.48. The number of nitrogens with zero attached hydrogens (tertiary/aromatic N) is 3. The van der Waals surface area contributed by atoms with E-state index in [1.165, 1.54) is 22.2 Å². The summed E-state index contributed by atoms with van der Waals surface area (Å²) >= 11 is 3.22. The van der Waals surface area contributed by atoms with Gasteiger partial charge in [-0.25, -0.2) is 9.78 Å². The highest BCUT2D eigenvalue weighted by molar-refractivity contribution is 9.10. The Morgan fingerprint density at radius 1 is 1.38 bits per heavy atom. The van der Waals surface area contributed by atoms with Crippen molar-refractivity contribution >= 4 is 32.9 Å². The van der Waals surface area contributed by atoms with E-state index >= 15 is 0 Å². The van der Waals surface area contributed by atoms with E-state index in [1.54, 1.807) is 19.1 Å².